The Bertz CT molecular complexity index is 488. The fourth-order valence-electron chi connectivity index (χ4n) is 2.13. The van der Waals surface area contributed by atoms with Crippen LogP contribution in [0, 0.1) is 32.1 Å². The molecule has 2 atom stereocenters. The number of nitrogens with zero attached hydrogens (tertiary/aromatic N) is 1. The molecule has 2 unspecified atom stereocenters. The van der Waals surface area contributed by atoms with Gasteiger partial charge in [-0.15, -0.1) is 0 Å². The summed E-state index contributed by atoms with van der Waals surface area (Å²) >= 11 is 0. The van der Waals surface area contributed by atoms with E-state index < -0.39 is 0 Å². The van der Waals surface area contributed by atoms with E-state index in [1.807, 2.05) is 33.8 Å². The van der Waals surface area contributed by atoms with E-state index in [0.29, 0.717) is 12.7 Å². The van der Waals surface area contributed by atoms with Gasteiger partial charge < -0.3 is 9.47 Å². The predicted molar refractivity (Wildman–Crippen MR) is 65.2 cm³/mol. The zero-order valence-corrected chi connectivity index (χ0v) is 10.7. The Morgan fingerprint density at radius 1 is 1.35 bits per heavy atom. The summed E-state index contributed by atoms with van der Waals surface area (Å²) in [6.07, 6.45) is 0.511. The molecule has 1 saturated heterocycles. The van der Waals surface area contributed by atoms with Gasteiger partial charge in [-0.25, -0.2) is 0 Å². The topological polar surface area (TPSA) is 45.5 Å². The van der Waals surface area contributed by atoms with Crippen LogP contribution in [0.3, 0.4) is 0 Å². The van der Waals surface area contributed by atoms with Crippen LogP contribution in [0.1, 0.15) is 29.2 Å². The molecule has 1 aromatic rings. The second-order valence-electron chi connectivity index (χ2n) is 4.64. The monoisotopic (exact) mass is 231 g/mol. The molecule has 1 aliphatic rings. The van der Waals surface area contributed by atoms with Crippen LogP contribution in [0.4, 0.5) is 0 Å². The van der Waals surface area contributed by atoms with Gasteiger partial charge in [-0.2, -0.15) is 5.26 Å². The predicted octanol–water partition coefficient (Wildman–Crippen LogP) is 2.65. The lowest BCUT2D eigenvalue weighted by Crippen LogP contribution is -2.09. The van der Waals surface area contributed by atoms with Crippen LogP contribution in [-0.4, -0.2) is 18.8 Å². The molecular weight excluding hydrogens is 214 g/mol. The highest BCUT2D eigenvalue weighted by atomic mass is 16.6. The van der Waals surface area contributed by atoms with Crippen molar-refractivity contribution >= 4 is 0 Å². The Morgan fingerprint density at radius 2 is 2.00 bits per heavy atom. The molecule has 0 saturated carbocycles. The highest BCUT2D eigenvalue weighted by molar-refractivity contribution is 5.54. The molecule has 0 aliphatic carbocycles. The summed E-state index contributed by atoms with van der Waals surface area (Å²) in [5.41, 5.74) is 3.73. The summed E-state index contributed by atoms with van der Waals surface area (Å²) in [6, 6.07) is 4.23. The van der Waals surface area contributed by atoms with Crippen molar-refractivity contribution in [1.82, 2.24) is 0 Å². The van der Waals surface area contributed by atoms with Crippen LogP contribution in [0.25, 0.3) is 0 Å². The maximum atomic E-state index is 9.12. The summed E-state index contributed by atoms with van der Waals surface area (Å²) < 4.78 is 11.1. The van der Waals surface area contributed by atoms with E-state index in [0.717, 1.165) is 28.0 Å². The Labute approximate surface area is 102 Å². The largest absolute Gasteiger partial charge is 0.490 e. The first-order chi connectivity index (χ1) is 8.04. The van der Waals surface area contributed by atoms with E-state index in [1.165, 1.54) is 0 Å². The Kier molecular flexibility index (Phi) is 3.08. The van der Waals surface area contributed by atoms with Crippen molar-refractivity contribution in [1.29, 1.82) is 5.26 Å². The minimum atomic E-state index is 0.209. The number of epoxide rings is 1. The van der Waals surface area contributed by atoms with Crippen LogP contribution < -0.4 is 4.74 Å². The van der Waals surface area contributed by atoms with E-state index in [-0.39, 0.29) is 6.10 Å². The van der Waals surface area contributed by atoms with Crippen LogP contribution in [0.2, 0.25) is 0 Å². The van der Waals surface area contributed by atoms with E-state index >= 15 is 0 Å². The average Bonchev–Trinajstić information content (AvgIpc) is 2.94. The standard InChI is InChI=1S/C14H17NO2/c1-8-5-9(2)14(10(3)12(8)6-15)16-7-13-11(4)17-13/h5,11,13H,7H2,1-4H3. The van der Waals surface area contributed by atoms with Crippen LogP contribution in [0.15, 0.2) is 6.07 Å². The third kappa shape index (κ3) is 2.27. The van der Waals surface area contributed by atoms with Gasteiger partial charge >= 0.3 is 0 Å². The minimum absolute atomic E-state index is 0.209. The molecule has 1 aliphatic heterocycles. The Balaban J connectivity index is 2.23. The molecule has 1 fully saturated rings. The van der Waals surface area contributed by atoms with Crippen LogP contribution in [-0.2, 0) is 4.74 Å². The van der Waals surface area contributed by atoms with Crippen molar-refractivity contribution in [3.05, 3.63) is 28.3 Å². The molecule has 3 nitrogen and oxygen atoms in total. The number of benzene rings is 1. The third-order valence-corrected chi connectivity index (χ3v) is 3.24. The van der Waals surface area contributed by atoms with Crippen LogP contribution in [0.5, 0.6) is 5.75 Å². The molecule has 0 amide bonds. The van der Waals surface area contributed by atoms with Crippen molar-refractivity contribution in [3.63, 3.8) is 0 Å². The summed E-state index contributed by atoms with van der Waals surface area (Å²) in [6.45, 7) is 8.49. The number of ether oxygens (including phenoxy) is 2. The summed E-state index contributed by atoms with van der Waals surface area (Å²) in [7, 11) is 0. The number of nitriles is 1. The highest BCUT2D eigenvalue weighted by Gasteiger charge is 2.35. The van der Waals surface area contributed by atoms with Gasteiger partial charge in [0.05, 0.1) is 17.7 Å². The molecule has 1 aromatic carbocycles. The van der Waals surface area contributed by atoms with Gasteiger partial charge in [0, 0.05) is 5.56 Å². The Morgan fingerprint density at radius 3 is 2.53 bits per heavy atom. The zero-order valence-electron chi connectivity index (χ0n) is 10.7. The molecular formula is C14H17NO2. The Hall–Kier alpha value is -1.53. The normalized spacial score (nSPS) is 22.1. The summed E-state index contributed by atoms with van der Waals surface area (Å²) in [4.78, 5) is 0. The van der Waals surface area contributed by atoms with Gasteiger partial charge in [0.2, 0.25) is 0 Å². The van der Waals surface area contributed by atoms with E-state index in [2.05, 4.69) is 6.07 Å². The van der Waals surface area contributed by atoms with Crippen molar-refractivity contribution in [2.45, 2.75) is 39.9 Å². The molecule has 2 rings (SSSR count). The smallest absolute Gasteiger partial charge is 0.126 e. The van der Waals surface area contributed by atoms with Gasteiger partial charge in [0.1, 0.15) is 18.5 Å². The average molecular weight is 231 g/mol. The fraction of sp³-hybridized carbons (Fsp3) is 0.500. The molecule has 0 N–H and O–H groups in total. The van der Waals surface area contributed by atoms with Gasteiger partial charge in [-0.3, -0.25) is 0 Å². The molecule has 0 aromatic heterocycles. The maximum Gasteiger partial charge on any atom is 0.126 e. The summed E-state index contributed by atoms with van der Waals surface area (Å²) in [5, 5.41) is 9.12. The lowest BCUT2D eigenvalue weighted by molar-refractivity contribution is 0.258. The van der Waals surface area contributed by atoms with Gasteiger partial charge in [-0.05, 0) is 38.8 Å². The quantitative estimate of drug-likeness (QED) is 0.751. The molecule has 0 bridgehead atoms. The molecule has 0 spiro atoms. The highest BCUT2D eigenvalue weighted by Crippen LogP contribution is 2.30. The molecule has 17 heavy (non-hydrogen) atoms. The molecule has 0 radical (unpaired) electrons. The minimum Gasteiger partial charge on any atom is -0.490 e. The summed E-state index contributed by atoms with van der Waals surface area (Å²) in [5.74, 6) is 0.829. The SMILES string of the molecule is Cc1cc(C)c(OCC2OC2C)c(C)c1C#N. The van der Waals surface area contributed by atoms with Crippen molar-refractivity contribution in [2.24, 2.45) is 0 Å². The van der Waals surface area contributed by atoms with Gasteiger partial charge in [0.25, 0.3) is 0 Å². The van der Waals surface area contributed by atoms with Crippen LogP contribution >= 0.6 is 0 Å². The molecule has 1 heterocycles. The molecule has 3 heteroatoms. The second kappa shape index (κ2) is 4.38. The first kappa shape index (κ1) is 11.9. The first-order valence-electron chi connectivity index (χ1n) is 5.83. The van der Waals surface area contributed by atoms with E-state index in [1.54, 1.807) is 0 Å². The van der Waals surface area contributed by atoms with E-state index in [4.69, 9.17) is 14.7 Å². The lowest BCUT2D eigenvalue weighted by Gasteiger charge is -2.14. The van der Waals surface area contributed by atoms with E-state index in [9.17, 15) is 0 Å². The number of hydrogen-bond donors (Lipinski definition) is 0. The van der Waals surface area contributed by atoms with Gasteiger partial charge in [0.15, 0.2) is 0 Å². The third-order valence-electron chi connectivity index (χ3n) is 3.24. The van der Waals surface area contributed by atoms with Crippen molar-refractivity contribution in [3.8, 4) is 11.8 Å². The van der Waals surface area contributed by atoms with Crippen molar-refractivity contribution < 1.29 is 9.47 Å². The number of hydrogen-bond acceptors (Lipinski definition) is 3. The number of rotatable bonds is 3. The maximum absolute atomic E-state index is 9.12. The lowest BCUT2D eigenvalue weighted by atomic mass is 9.99. The number of aryl methyl sites for hydroxylation is 2. The first-order valence-corrected chi connectivity index (χ1v) is 5.83. The second-order valence-corrected chi connectivity index (χ2v) is 4.64. The van der Waals surface area contributed by atoms with Gasteiger partial charge in [-0.1, -0.05) is 6.07 Å². The molecule has 90 valence electrons. The fourth-order valence-corrected chi connectivity index (χ4v) is 2.13. The van der Waals surface area contributed by atoms with Crippen molar-refractivity contribution in [2.75, 3.05) is 6.61 Å². The zero-order chi connectivity index (χ0) is 12.6.